The molecule has 0 saturated carbocycles. The summed E-state index contributed by atoms with van der Waals surface area (Å²) in [5.74, 6) is 1.15. The molecule has 0 fully saturated rings. The third kappa shape index (κ3) is 10.3. The van der Waals surface area contributed by atoms with Crippen LogP contribution in [0.5, 0.6) is 0 Å². The van der Waals surface area contributed by atoms with Gasteiger partial charge in [0, 0.05) is 19.1 Å². The molecule has 1 aromatic rings. The molecule has 0 aromatic carbocycles. The Kier molecular flexibility index (Phi) is 9.59. The van der Waals surface area contributed by atoms with E-state index in [9.17, 15) is 0 Å². The molecule has 0 aliphatic carbocycles. The fourth-order valence-corrected chi connectivity index (χ4v) is 3.98. The normalized spacial score (nSPS) is 12.6. The van der Waals surface area contributed by atoms with Gasteiger partial charge in [-0.25, -0.2) is 4.98 Å². The van der Waals surface area contributed by atoms with Gasteiger partial charge in [0.25, 0.3) is 0 Å². The van der Waals surface area contributed by atoms with Crippen molar-refractivity contribution in [3.05, 3.63) is 24.4 Å². The molecule has 0 saturated heterocycles. The van der Waals surface area contributed by atoms with Gasteiger partial charge in [-0.05, 0) is 76.3 Å². The lowest BCUT2D eigenvalue weighted by molar-refractivity contribution is -0.0617. The SMILES string of the molecule is COC(C)(C)CCOC(C)(C)CCCCSSc1ccccn1. The number of aromatic nitrogens is 1. The van der Waals surface area contributed by atoms with E-state index < -0.39 is 0 Å². The predicted octanol–water partition coefficient (Wildman–Crippen LogP) is 5.60. The molecule has 23 heavy (non-hydrogen) atoms. The fraction of sp³-hybridized carbons (Fsp3) is 0.722. The van der Waals surface area contributed by atoms with E-state index in [-0.39, 0.29) is 11.2 Å². The van der Waals surface area contributed by atoms with Crippen LogP contribution in [0.1, 0.15) is 53.4 Å². The van der Waals surface area contributed by atoms with Crippen molar-refractivity contribution in [2.45, 2.75) is 69.6 Å². The van der Waals surface area contributed by atoms with Crippen molar-refractivity contribution >= 4 is 21.6 Å². The highest BCUT2D eigenvalue weighted by Gasteiger charge is 2.21. The van der Waals surface area contributed by atoms with E-state index in [2.05, 4.69) is 38.7 Å². The van der Waals surface area contributed by atoms with Crippen molar-refractivity contribution in [1.29, 1.82) is 0 Å². The van der Waals surface area contributed by atoms with Gasteiger partial charge in [-0.3, -0.25) is 0 Å². The van der Waals surface area contributed by atoms with Crippen LogP contribution in [0.4, 0.5) is 0 Å². The molecule has 1 heterocycles. The summed E-state index contributed by atoms with van der Waals surface area (Å²) < 4.78 is 11.5. The average Bonchev–Trinajstić information content (AvgIpc) is 2.51. The van der Waals surface area contributed by atoms with E-state index in [0.717, 1.165) is 30.2 Å². The second-order valence-electron chi connectivity index (χ2n) is 6.85. The summed E-state index contributed by atoms with van der Waals surface area (Å²) in [6.45, 7) is 9.31. The molecule has 1 aromatic heterocycles. The minimum Gasteiger partial charge on any atom is -0.379 e. The summed E-state index contributed by atoms with van der Waals surface area (Å²) in [6.07, 6.45) is 6.25. The van der Waals surface area contributed by atoms with Crippen LogP contribution in [-0.4, -0.2) is 35.7 Å². The molecule has 0 radical (unpaired) electrons. The Balaban J connectivity index is 2.07. The Labute approximate surface area is 149 Å². The van der Waals surface area contributed by atoms with Gasteiger partial charge < -0.3 is 9.47 Å². The van der Waals surface area contributed by atoms with Gasteiger partial charge in [-0.2, -0.15) is 0 Å². The Morgan fingerprint density at radius 2 is 1.83 bits per heavy atom. The average molecular weight is 358 g/mol. The Morgan fingerprint density at radius 3 is 2.48 bits per heavy atom. The van der Waals surface area contributed by atoms with Crippen LogP contribution < -0.4 is 0 Å². The molecule has 3 nitrogen and oxygen atoms in total. The minimum atomic E-state index is -0.102. The van der Waals surface area contributed by atoms with Crippen LogP contribution in [0, 0.1) is 0 Å². The summed E-state index contributed by atoms with van der Waals surface area (Å²) in [7, 11) is 5.39. The summed E-state index contributed by atoms with van der Waals surface area (Å²) in [5.41, 5.74) is -0.155. The Morgan fingerprint density at radius 1 is 1.04 bits per heavy atom. The van der Waals surface area contributed by atoms with Gasteiger partial charge in [0.1, 0.15) is 5.03 Å². The third-order valence-corrected chi connectivity index (χ3v) is 6.14. The lowest BCUT2D eigenvalue weighted by atomic mass is 10.0. The molecule has 5 heteroatoms. The van der Waals surface area contributed by atoms with E-state index in [1.165, 1.54) is 12.8 Å². The first-order valence-corrected chi connectivity index (χ1v) is 10.6. The topological polar surface area (TPSA) is 31.4 Å². The van der Waals surface area contributed by atoms with Crippen LogP contribution in [0.2, 0.25) is 0 Å². The molecular weight excluding hydrogens is 326 g/mol. The van der Waals surface area contributed by atoms with E-state index in [4.69, 9.17) is 9.47 Å². The first-order chi connectivity index (χ1) is 10.8. The van der Waals surface area contributed by atoms with Crippen LogP contribution >= 0.6 is 21.6 Å². The smallest absolute Gasteiger partial charge is 0.106 e. The number of nitrogens with zero attached hydrogens (tertiary/aromatic N) is 1. The highest BCUT2D eigenvalue weighted by Crippen LogP contribution is 2.30. The number of pyridine rings is 1. The highest BCUT2D eigenvalue weighted by molar-refractivity contribution is 8.76. The van der Waals surface area contributed by atoms with Crippen molar-refractivity contribution in [2.24, 2.45) is 0 Å². The molecule has 0 aliphatic heterocycles. The number of rotatable bonds is 12. The molecule has 0 aliphatic rings. The Hall–Kier alpha value is -0.230. The van der Waals surface area contributed by atoms with Gasteiger partial charge in [-0.1, -0.05) is 16.9 Å². The van der Waals surface area contributed by atoms with Gasteiger partial charge >= 0.3 is 0 Å². The molecule has 0 unspecified atom stereocenters. The van der Waals surface area contributed by atoms with Crippen LogP contribution in [0.3, 0.4) is 0 Å². The van der Waals surface area contributed by atoms with Crippen molar-refractivity contribution in [3.8, 4) is 0 Å². The third-order valence-electron chi connectivity index (χ3n) is 3.79. The Bertz CT molecular complexity index is 424. The maximum atomic E-state index is 6.04. The van der Waals surface area contributed by atoms with Crippen molar-refractivity contribution < 1.29 is 9.47 Å². The summed E-state index contributed by atoms with van der Waals surface area (Å²) in [5, 5.41) is 1.09. The van der Waals surface area contributed by atoms with E-state index >= 15 is 0 Å². The van der Waals surface area contributed by atoms with Crippen molar-refractivity contribution in [2.75, 3.05) is 19.5 Å². The summed E-state index contributed by atoms with van der Waals surface area (Å²) >= 11 is 0. The quantitative estimate of drug-likeness (QED) is 0.359. The monoisotopic (exact) mass is 357 g/mol. The number of hydrogen-bond acceptors (Lipinski definition) is 5. The zero-order valence-electron chi connectivity index (χ0n) is 15.1. The van der Waals surface area contributed by atoms with Crippen molar-refractivity contribution in [1.82, 2.24) is 4.98 Å². The summed E-state index contributed by atoms with van der Waals surface area (Å²) in [6, 6.07) is 6.03. The standard InChI is InChI=1S/C18H31NO2S2/c1-17(2,20-5)12-14-21-18(3,4)11-7-9-15-22-23-16-10-6-8-13-19-16/h6,8,10,13H,7,9,11-12,14-15H2,1-5H3. The maximum Gasteiger partial charge on any atom is 0.106 e. The second kappa shape index (κ2) is 10.6. The number of hydrogen-bond donors (Lipinski definition) is 0. The molecule has 0 atom stereocenters. The minimum absolute atomic E-state index is 0.0530. The lowest BCUT2D eigenvalue weighted by Gasteiger charge is -2.29. The van der Waals surface area contributed by atoms with E-state index in [1.54, 1.807) is 17.9 Å². The second-order valence-corrected chi connectivity index (χ2v) is 9.29. The number of methoxy groups -OCH3 is 1. The summed E-state index contributed by atoms with van der Waals surface area (Å²) in [4.78, 5) is 4.31. The van der Waals surface area contributed by atoms with Gasteiger partial charge in [0.15, 0.2) is 0 Å². The van der Waals surface area contributed by atoms with Gasteiger partial charge in [0.2, 0.25) is 0 Å². The molecule has 0 spiro atoms. The van der Waals surface area contributed by atoms with E-state index in [0.29, 0.717) is 0 Å². The number of unbranched alkanes of at least 4 members (excludes halogenated alkanes) is 1. The van der Waals surface area contributed by atoms with Crippen molar-refractivity contribution in [3.63, 3.8) is 0 Å². The first kappa shape index (κ1) is 20.8. The first-order valence-electron chi connectivity index (χ1n) is 8.24. The van der Waals surface area contributed by atoms with Crippen LogP contribution in [-0.2, 0) is 9.47 Å². The van der Waals surface area contributed by atoms with E-state index in [1.807, 2.05) is 29.1 Å². The molecule has 0 N–H and O–H groups in total. The van der Waals surface area contributed by atoms with Crippen LogP contribution in [0.15, 0.2) is 29.4 Å². The zero-order chi connectivity index (χ0) is 17.2. The molecular formula is C18H31NO2S2. The maximum absolute atomic E-state index is 6.04. The van der Waals surface area contributed by atoms with Gasteiger partial charge in [-0.15, -0.1) is 0 Å². The molecule has 0 amide bonds. The molecule has 132 valence electrons. The lowest BCUT2D eigenvalue weighted by Crippen LogP contribution is -2.30. The largest absolute Gasteiger partial charge is 0.379 e. The fourth-order valence-electron chi connectivity index (χ4n) is 1.96. The van der Waals surface area contributed by atoms with Crippen LogP contribution in [0.25, 0.3) is 0 Å². The predicted molar refractivity (Wildman–Crippen MR) is 102 cm³/mol. The molecule has 0 bridgehead atoms. The van der Waals surface area contributed by atoms with Gasteiger partial charge in [0.05, 0.1) is 17.8 Å². The number of ether oxygens (including phenoxy) is 2. The highest BCUT2D eigenvalue weighted by atomic mass is 33.1. The molecule has 1 rings (SSSR count). The zero-order valence-corrected chi connectivity index (χ0v) is 16.8.